The van der Waals surface area contributed by atoms with Gasteiger partial charge >= 0.3 is 5.97 Å². The smallest absolute Gasteiger partial charge is 0.335 e. The first kappa shape index (κ1) is 16.7. The molecule has 0 heterocycles. The lowest BCUT2D eigenvalue weighted by Crippen LogP contribution is -2.37. The van der Waals surface area contributed by atoms with Gasteiger partial charge in [0.25, 0.3) is 0 Å². The number of nitrogens with one attached hydrogen (secondary N) is 2. The van der Waals surface area contributed by atoms with Crippen LogP contribution in [-0.4, -0.2) is 36.0 Å². The summed E-state index contributed by atoms with van der Waals surface area (Å²) in [5, 5.41) is 14.1. The Bertz CT molecular complexity index is 514. The predicted octanol–water partition coefficient (Wildman–Crippen LogP) is 0.960. The first-order chi connectivity index (χ1) is 10.0. The number of carboxylic acid groups (broad SMARTS) is 1. The van der Waals surface area contributed by atoms with Gasteiger partial charge in [0.05, 0.1) is 12.1 Å². The molecule has 0 bridgehead atoms. The zero-order valence-electron chi connectivity index (χ0n) is 12.0. The second kappa shape index (κ2) is 8.73. The molecule has 6 nitrogen and oxygen atoms in total. The van der Waals surface area contributed by atoms with Crippen molar-refractivity contribution in [3.05, 3.63) is 35.4 Å². The van der Waals surface area contributed by atoms with Crippen LogP contribution in [0.15, 0.2) is 24.3 Å². The summed E-state index contributed by atoms with van der Waals surface area (Å²) in [5.41, 5.74) is 1.07. The van der Waals surface area contributed by atoms with Crippen LogP contribution < -0.4 is 10.6 Å². The fraction of sp³-hybridized carbons (Fsp3) is 0.400. The first-order valence-electron chi connectivity index (χ1n) is 6.88. The van der Waals surface area contributed by atoms with E-state index >= 15 is 0 Å². The summed E-state index contributed by atoms with van der Waals surface area (Å²) in [5.74, 6) is -1.37. The Morgan fingerprint density at radius 1 is 1.14 bits per heavy atom. The van der Waals surface area contributed by atoms with Gasteiger partial charge in [-0.05, 0) is 30.5 Å². The Hall–Kier alpha value is -2.37. The van der Waals surface area contributed by atoms with Crippen LogP contribution in [0.1, 0.15) is 35.7 Å². The highest BCUT2D eigenvalue weighted by molar-refractivity contribution is 5.87. The average Bonchev–Trinajstić information content (AvgIpc) is 2.46. The predicted molar refractivity (Wildman–Crippen MR) is 78.0 cm³/mol. The standard InChI is InChI=1S/C15H20N2O4/c1-2-4-13(18)17-10-14(19)16-8-7-11-5-3-6-12(9-11)15(20)21/h3,5-6,9H,2,4,7-8,10H2,1H3,(H,16,19)(H,17,18)(H,20,21). The number of carboxylic acids is 1. The van der Waals surface area contributed by atoms with E-state index in [0.717, 1.165) is 12.0 Å². The van der Waals surface area contributed by atoms with Crippen molar-refractivity contribution in [3.63, 3.8) is 0 Å². The van der Waals surface area contributed by atoms with Gasteiger partial charge in [0.2, 0.25) is 11.8 Å². The Kier molecular flexibility index (Phi) is 6.94. The van der Waals surface area contributed by atoms with Crippen LogP contribution in [0.5, 0.6) is 0 Å². The van der Waals surface area contributed by atoms with Crippen molar-refractivity contribution in [2.75, 3.05) is 13.1 Å². The largest absolute Gasteiger partial charge is 0.478 e. The number of benzene rings is 1. The minimum absolute atomic E-state index is 0.0337. The van der Waals surface area contributed by atoms with E-state index in [2.05, 4.69) is 10.6 Å². The van der Waals surface area contributed by atoms with Gasteiger partial charge in [-0.3, -0.25) is 9.59 Å². The molecule has 0 unspecified atom stereocenters. The second-order valence-electron chi connectivity index (χ2n) is 4.63. The molecule has 0 aromatic heterocycles. The van der Waals surface area contributed by atoms with Gasteiger partial charge in [0.1, 0.15) is 0 Å². The molecule has 1 rings (SSSR count). The molecule has 2 amide bonds. The Balaban J connectivity index is 2.30. The lowest BCUT2D eigenvalue weighted by molar-refractivity contribution is -0.126. The molecule has 0 fully saturated rings. The van der Waals surface area contributed by atoms with E-state index in [-0.39, 0.29) is 23.9 Å². The van der Waals surface area contributed by atoms with Crippen LogP contribution in [0.4, 0.5) is 0 Å². The van der Waals surface area contributed by atoms with Crippen LogP contribution in [0, 0.1) is 0 Å². The molecule has 3 N–H and O–H groups in total. The van der Waals surface area contributed by atoms with E-state index in [1.54, 1.807) is 12.1 Å². The maximum atomic E-state index is 11.5. The highest BCUT2D eigenvalue weighted by Crippen LogP contribution is 2.05. The van der Waals surface area contributed by atoms with Gasteiger partial charge in [0, 0.05) is 13.0 Å². The highest BCUT2D eigenvalue weighted by atomic mass is 16.4. The number of carbonyl (C=O) groups is 3. The Labute approximate surface area is 123 Å². The third kappa shape index (κ3) is 6.56. The number of amides is 2. The third-order valence-corrected chi connectivity index (χ3v) is 2.83. The molecule has 1 aromatic carbocycles. The van der Waals surface area contributed by atoms with E-state index < -0.39 is 5.97 Å². The van der Waals surface area contributed by atoms with E-state index in [4.69, 9.17) is 5.11 Å². The SMILES string of the molecule is CCCC(=O)NCC(=O)NCCc1cccc(C(=O)O)c1. The summed E-state index contributed by atoms with van der Waals surface area (Å²) >= 11 is 0. The van der Waals surface area contributed by atoms with Crippen molar-refractivity contribution < 1.29 is 19.5 Å². The maximum absolute atomic E-state index is 11.5. The topological polar surface area (TPSA) is 95.5 Å². The summed E-state index contributed by atoms with van der Waals surface area (Å²) in [6.07, 6.45) is 1.69. The van der Waals surface area contributed by atoms with E-state index in [9.17, 15) is 14.4 Å². The Morgan fingerprint density at radius 3 is 2.57 bits per heavy atom. The fourth-order valence-corrected chi connectivity index (χ4v) is 1.76. The second-order valence-corrected chi connectivity index (χ2v) is 4.63. The van der Waals surface area contributed by atoms with Crippen molar-refractivity contribution in [2.24, 2.45) is 0 Å². The number of hydrogen-bond acceptors (Lipinski definition) is 3. The van der Waals surface area contributed by atoms with Crippen molar-refractivity contribution in [2.45, 2.75) is 26.2 Å². The molecule has 0 saturated carbocycles. The number of aromatic carboxylic acids is 1. The zero-order chi connectivity index (χ0) is 15.7. The maximum Gasteiger partial charge on any atom is 0.335 e. The average molecular weight is 292 g/mol. The molecule has 1 aromatic rings. The molecule has 0 aliphatic rings. The third-order valence-electron chi connectivity index (χ3n) is 2.83. The van der Waals surface area contributed by atoms with E-state index in [1.807, 2.05) is 13.0 Å². The minimum atomic E-state index is -0.973. The summed E-state index contributed by atoms with van der Waals surface area (Å²) in [4.78, 5) is 33.5. The number of carbonyl (C=O) groups excluding carboxylic acids is 2. The molecular weight excluding hydrogens is 272 g/mol. The number of rotatable bonds is 8. The molecule has 0 aliphatic carbocycles. The summed E-state index contributed by atoms with van der Waals surface area (Å²) in [7, 11) is 0. The lowest BCUT2D eigenvalue weighted by Gasteiger charge is -2.07. The summed E-state index contributed by atoms with van der Waals surface area (Å²) < 4.78 is 0. The summed E-state index contributed by atoms with van der Waals surface area (Å²) in [6, 6.07) is 6.58. The highest BCUT2D eigenvalue weighted by Gasteiger charge is 2.05. The van der Waals surface area contributed by atoms with Crippen molar-refractivity contribution in [1.82, 2.24) is 10.6 Å². The van der Waals surface area contributed by atoms with Crippen LogP contribution in [-0.2, 0) is 16.0 Å². The van der Waals surface area contributed by atoms with Crippen LogP contribution in [0.25, 0.3) is 0 Å². The Morgan fingerprint density at radius 2 is 1.90 bits per heavy atom. The van der Waals surface area contributed by atoms with Gasteiger partial charge in [-0.15, -0.1) is 0 Å². The first-order valence-corrected chi connectivity index (χ1v) is 6.88. The van der Waals surface area contributed by atoms with Gasteiger partial charge in [-0.1, -0.05) is 19.1 Å². The number of hydrogen-bond donors (Lipinski definition) is 3. The normalized spacial score (nSPS) is 9.95. The zero-order valence-corrected chi connectivity index (χ0v) is 12.0. The molecule has 0 atom stereocenters. The molecule has 6 heteroatoms. The molecule has 0 saturated heterocycles. The quantitative estimate of drug-likeness (QED) is 0.665. The molecule has 0 aliphatic heterocycles. The molecular formula is C15H20N2O4. The van der Waals surface area contributed by atoms with Gasteiger partial charge in [-0.2, -0.15) is 0 Å². The molecule has 21 heavy (non-hydrogen) atoms. The molecule has 114 valence electrons. The molecule has 0 spiro atoms. The fourth-order valence-electron chi connectivity index (χ4n) is 1.76. The van der Waals surface area contributed by atoms with Crippen molar-refractivity contribution in [1.29, 1.82) is 0 Å². The van der Waals surface area contributed by atoms with Gasteiger partial charge in [0.15, 0.2) is 0 Å². The minimum Gasteiger partial charge on any atom is -0.478 e. The van der Waals surface area contributed by atoms with Crippen LogP contribution in [0.2, 0.25) is 0 Å². The monoisotopic (exact) mass is 292 g/mol. The van der Waals surface area contributed by atoms with Gasteiger partial charge < -0.3 is 15.7 Å². The van der Waals surface area contributed by atoms with Crippen LogP contribution >= 0.6 is 0 Å². The lowest BCUT2D eigenvalue weighted by atomic mass is 10.1. The van der Waals surface area contributed by atoms with Crippen LogP contribution in [0.3, 0.4) is 0 Å². The van der Waals surface area contributed by atoms with E-state index in [0.29, 0.717) is 19.4 Å². The summed E-state index contributed by atoms with van der Waals surface area (Å²) in [6.45, 7) is 2.25. The van der Waals surface area contributed by atoms with Crippen molar-refractivity contribution >= 4 is 17.8 Å². The van der Waals surface area contributed by atoms with Gasteiger partial charge in [-0.25, -0.2) is 4.79 Å². The molecule has 0 radical (unpaired) electrons. The van der Waals surface area contributed by atoms with E-state index in [1.165, 1.54) is 6.07 Å². The van der Waals surface area contributed by atoms with Crippen molar-refractivity contribution in [3.8, 4) is 0 Å².